The number of hydrogen-bond donors (Lipinski definition) is 0. The van der Waals surface area contributed by atoms with E-state index in [4.69, 9.17) is 14.2 Å². The second-order valence-corrected chi connectivity index (χ2v) is 5.78. The van der Waals surface area contributed by atoms with Crippen LogP contribution in [0.4, 0.5) is 0 Å². The first kappa shape index (κ1) is 18.3. The Morgan fingerprint density at radius 2 is 1.11 bits per heavy atom. The molecule has 0 N–H and O–H groups in total. The van der Waals surface area contributed by atoms with Crippen LogP contribution in [0.25, 0.3) is 17.2 Å². The van der Waals surface area contributed by atoms with Gasteiger partial charge in [0.15, 0.2) is 0 Å². The fourth-order valence-corrected chi connectivity index (χ4v) is 2.53. The number of esters is 1. The van der Waals surface area contributed by atoms with E-state index in [1.807, 2.05) is 48.5 Å². The first-order valence-corrected chi connectivity index (χ1v) is 8.46. The van der Waals surface area contributed by atoms with Gasteiger partial charge in [0, 0.05) is 6.08 Å². The highest BCUT2D eigenvalue weighted by Crippen LogP contribution is 2.23. The Morgan fingerprint density at radius 1 is 0.667 bits per heavy atom. The van der Waals surface area contributed by atoms with Gasteiger partial charge in [-0.15, -0.1) is 0 Å². The molecule has 0 saturated carbocycles. The molecule has 3 rings (SSSR count). The van der Waals surface area contributed by atoms with Gasteiger partial charge in [0.1, 0.15) is 17.2 Å². The molecule has 0 atom stereocenters. The van der Waals surface area contributed by atoms with Crippen molar-refractivity contribution in [1.82, 2.24) is 0 Å². The minimum Gasteiger partial charge on any atom is -0.497 e. The van der Waals surface area contributed by atoms with Gasteiger partial charge in [-0.2, -0.15) is 0 Å². The maximum absolute atomic E-state index is 11.9. The fraction of sp³-hybridized carbons (Fsp3) is 0.0870. The van der Waals surface area contributed by atoms with E-state index in [2.05, 4.69) is 0 Å². The average Bonchev–Trinajstić information content (AvgIpc) is 2.73. The molecule has 136 valence electrons. The summed E-state index contributed by atoms with van der Waals surface area (Å²) in [6.07, 6.45) is 3.14. The van der Waals surface area contributed by atoms with Crippen molar-refractivity contribution in [3.63, 3.8) is 0 Å². The zero-order chi connectivity index (χ0) is 19.1. The Hall–Kier alpha value is -3.53. The quantitative estimate of drug-likeness (QED) is 0.353. The number of ether oxygens (including phenoxy) is 3. The van der Waals surface area contributed by atoms with E-state index in [0.29, 0.717) is 11.5 Å². The number of rotatable bonds is 6. The van der Waals surface area contributed by atoms with Crippen LogP contribution in [0.2, 0.25) is 0 Å². The largest absolute Gasteiger partial charge is 0.497 e. The molecule has 0 aromatic heterocycles. The summed E-state index contributed by atoms with van der Waals surface area (Å²) in [5.41, 5.74) is 3.11. The van der Waals surface area contributed by atoms with Gasteiger partial charge < -0.3 is 14.2 Å². The zero-order valence-electron chi connectivity index (χ0n) is 15.2. The molecule has 0 spiro atoms. The van der Waals surface area contributed by atoms with E-state index in [-0.39, 0.29) is 0 Å². The van der Waals surface area contributed by atoms with Crippen LogP contribution in [0.3, 0.4) is 0 Å². The molecule has 0 aliphatic rings. The molecule has 4 heteroatoms. The molecule has 0 aliphatic carbocycles. The summed E-state index contributed by atoms with van der Waals surface area (Å²) >= 11 is 0. The van der Waals surface area contributed by atoms with E-state index < -0.39 is 5.97 Å². The third-order valence-corrected chi connectivity index (χ3v) is 4.02. The molecule has 0 bridgehead atoms. The molecule has 0 aliphatic heterocycles. The van der Waals surface area contributed by atoms with Gasteiger partial charge in [0.05, 0.1) is 14.2 Å². The van der Waals surface area contributed by atoms with Crippen LogP contribution in [0.15, 0.2) is 78.9 Å². The first-order chi connectivity index (χ1) is 13.2. The minimum atomic E-state index is -0.431. The van der Waals surface area contributed by atoms with Crippen LogP contribution in [0, 0.1) is 0 Å². The topological polar surface area (TPSA) is 44.8 Å². The van der Waals surface area contributed by atoms with Crippen molar-refractivity contribution in [1.29, 1.82) is 0 Å². The van der Waals surface area contributed by atoms with E-state index >= 15 is 0 Å². The Balaban J connectivity index is 1.61. The highest BCUT2D eigenvalue weighted by atomic mass is 16.5. The Kier molecular flexibility index (Phi) is 5.90. The lowest BCUT2D eigenvalue weighted by atomic mass is 10.0. The molecular formula is C23H20O4. The van der Waals surface area contributed by atoms with Crippen LogP contribution in [0.1, 0.15) is 5.56 Å². The predicted molar refractivity (Wildman–Crippen MR) is 106 cm³/mol. The molecule has 0 amide bonds. The third kappa shape index (κ3) is 4.98. The number of hydrogen-bond acceptors (Lipinski definition) is 4. The molecule has 27 heavy (non-hydrogen) atoms. The third-order valence-electron chi connectivity index (χ3n) is 4.02. The smallest absolute Gasteiger partial charge is 0.336 e. The van der Waals surface area contributed by atoms with Crippen LogP contribution in [-0.2, 0) is 4.79 Å². The molecule has 0 unspecified atom stereocenters. The predicted octanol–water partition coefficient (Wildman–Crippen LogP) is 4.99. The van der Waals surface area contributed by atoms with Crippen molar-refractivity contribution in [2.75, 3.05) is 14.2 Å². The van der Waals surface area contributed by atoms with Gasteiger partial charge in [0.25, 0.3) is 0 Å². The van der Waals surface area contributed by atoms with E-state index in [0.717, 1.165) is 22.4 Å². The highest BCUT2D eigenvalue weighted by molar-refractivity contribution is 5.88. The van der Waals surface area contributed by atoms with Crippen LogP contribution < -0.4 is 14.2 Å². The maximum atomic E-state index is 11.9. The lowest BCUT2D eigenvalue weighted by Gasteiger charge is -2.04. The fourth-order valence-electron chi connectivity index (χ4n) is 2.53. The molecule has 0 heterocycles. The highest BCUT2D eigenvalue weighted by Gasteiger charge is 2.02. The normalized spacial score (nSPS) is 10.6. The van der Waals surface area contributed by atoms with Gasteiger partial charge in [-0.1, -0.05) is 36.4 Å². The number of benzene rings is 3. The Morgan fingerprint density at radius 3 is 1.63 bits per heavy atom. The maximum Gasteiger partial charge on any atom is 0.336 e. The molecule has 3 aromatic rings. The number of methoxy groups -OCH3 is 2. The summed E-state index contributed by atoms with van der Waals surface area (Å²) in [6.45, 7) is 0. The zero-order valence-corrected chi connectivity index (χ0v) is 15.2. The number of carbonyl (C=O) groups is 1. The molecule has 0 saturated heterocycles. The lowest BCUT2D eigenvalue weighted by Crippen LogP contribution is -2.03. The summed E-state index contributed by atoms with van der Waals surface area (Å²) in [7, 11) is 3.24. The lowest BCUT2D eigenvalue weighted by molar-refractivity contribution is -0.128. The standard InChI is InChI=1S/C23H20O4/c1-25-20-10-8-19(9-11-20)18-6-3-17(4-7-18)5-16-23(24)27-22-14-12-21(26-2)13-15-22/h3-16H,1-2H3/b16-5+. The summed E-state index contributed by atoms with van der Waals surface area (Å²) in [5, 5.41) is 0. The average molecular weight is 360 g/mol. The summed E-state index contributed by atoms with van der Waals surface area (Å²) in [4.78, 5) is 11.9. The SMILES string of the molecule is COc1ccc(OC(=O)/C=C/c2ccc(-c3ccc(OC)cc3)cc2)cc1. The van der Waals surface area contributed by atoms with Crippen molar-refractivity contribution in [3.8, 4) is 28.4 Å². The Labute approximate surface area is 158 Å². The van der Waals surface area contributed by atoms with Crippen molar-refractivity contribution < 1.29 is 19.0 Å². The Bertz CT molecular complexity index is 908. The van der Waals surface area contributed by atoms with Crippen molar-refractivity contribution in [2.24, 2.45) is 0 Å². The minimum absolute atomic E-state index is 0.431. The van der Waals surface area contributed by atoms with Gasteiger partial charge in [0.2, 0.25) is 0 Å². The second kappa shape index (κ2) is 8.72. The molecule has 0 fully saturated rings. The first-order valence-electron chi connectivity index (χ1n) is 8.46. The molecular weight excluding hydrogens is 340 g/mol. The molecule has 3 aromatic carbocycles. The summed E-state index contributed by atoms with van der Waals surface area (Å²) in [5.74, 6) is 1.58. The van der Waals surface area contributed by atoms with Crippen molar-refractivity contribution >= 4 is 12.0 Å². The monoisotopic (exact) mass is 360 g/mol. The van der Waals surface area contributed by atoms with Crippen LogP contribution >= 0.6 is 0 Å². The van der Waals surface area contributed by atoms with Crippen molar-refractivity contribution in [3.05, 3.63) is 84.4 Å². The van der Waals surface area contributed by atoms with Gasteiger partial charge in [-0.3, -0.25) is 0 Å². The van der Waals surface area contributed by atoms with E-state index in [1.54, 1.807) is 44.6 Å². The van der Waals surface area contributed by atoms with E-state index in [9.17, 15) is 4.79 Å². The van der Waals surface area contributed by atoms with Gasteiger partial charge in [-0.25, -0.2) is 4.79 Å². The van der Waals surface area contributed by atoms with Crippen LogP contribution in [0.5, 0.6) is 17.2 Å². The molecule has 4 nitrogen and oxygen atoms in total. The summed E-state index contributed by atoms with van der Waals surface area (Å²) < 4.78 is 15.5. The van der Waals surface area contributed by atoms with Gasteiger partial charge >= 0.3 is 5.97 Å². The van der Waals surface area contributed by atoms with Crippen molar-refractivity contribution in [2.45, 2.75) is 0 Å². The van der Waals surface area contributed by atoms with E-state index in [1.165, 1.54) is 6.08 Å². The van der Waals surface area contributed by atoms with Gasteiger partial charge in [-0.05, 0) is 59.2 Å². The summed E-state index contributed by atoms with van der Waals surface area (Å²) in [6, 6.07) is 22.7. The number of carbonyl (C=O) groups excluding carboxylic acids is 1. The molecule has 0 radical (unpaired) electrons. The van der Waals surface area contributed by atoms with Crippen LogP contribution in [-0.4, -0.2) is 20.2 Å². The second-order valence-electron chi connectivity index (χ2n) is 5.78.